The van der Waals surface area contributed by atoms with Crippen LogP contribution in [-0.4, -0.2) is 55.7 Å². The molecule has 0 saturated carbocycles. The third-order valence-corrected chi connectivity index (χ3v) is 3.41. The molecule has 0 aliphatic carbocycles. The molecule has 21 heavy (non-hydrogen) atoms. The van der Waals surface area contributed by atoms with Crippen LogP contribution in [0, 0.1) is 11.6 Å². The number of carbonyl (C=O) groups is 1. The molecule has 0 radical (unpaired) electrons. The van der Waals surface area contributed by atoms with E-state index in [0.29, 0.717) is 6.54 Å². The molecule has 2 amide bonds. The fourth-order valence-electron chi connectivity index (χ4n) is 1.52. The number of halogens is 2. The molecule has 1 aromatic carbocycles. The van der Waals surface area contributed by atoms with Crippen molar-refractivity contribution in [1.29, 1.82) is 0 Å². The Morgan fingerprint density at radius 2 is 2.00 bits per heavy atom. The first-order valence-corrected chi connectivity index (χ1v) is 7.45. The molecule has 0 saturated heterocycles. The first-order valence-electron chi connectivity index (χ1n) is 6.23. The van der Waals surface area contributed by atoms with Gasteiger partial charge in [-0.25, -0.2) is 13.6 Å². The molecule has 8 heteroatoms. The fraction of sp³-hybridized carbons (Fsp3) is 0.462. The predicted molar refractivity (Wildman–Crippen MR) is 77.7 cm³/mol. The van der Waals surface area contributed by atoms with Crippen LogP contribution in [0.3, 0.4) is 0 Å². The van der Waals surface area contributed by atoms with Gasteiger partial charge in [0.25, 0.3) is 0 Å². The molecule has 0 aromatic heterocycles. The Morgan fingerprint density at radius 1 is 1.38 bits per heavy atom. The number of carbonyl (C=O) groups excluding carboxylic acids is 1. The highest BCUT2D eigenvalue weighted by Gasteiger charge is 2.13. The summed E-state index contributed by atoms with van der Waals surface area (Å²) in [6.07, 6.45) is 1.57. The quantitative estimate of drug-likeness (QED) is 0.597. The van der Waals surface area contributed by atoms with E-state index in [1.165, 1.54) is 11.9 Å². The van der Waals surface area contributed by atoms with Crippen molar-refractivity contribution < 1.29 is 23.4 Å². The number of thioether (sulfide) groups is 1. The van der Waals surface area contributed by atoms with Crippen molar-refractivity contribution in [3.05, 3.63) is 23.8 Å². The number of aliphatic hydroxyl groups excluding tert-OH is 1. The Kier molecular flexibility index (Phi) is 7.41. The van der Waals surface area contributed by atoms with Gasteiger partial charge < -0.3 is 20.1 Å². The first-order chi connectivity index (χ1) is 9.99. The minimum atomic E-state index is -0.716. The number of nitrogens with one attached hydrogen (secondary N) is 1. The molecule has 0 fully saturated rings. The lowest BCUT2D eigenvalue weighted by Gasteiger charge is -2.18. The second kappa shape index (κ2) is 8.81. The number of amides is 2. The van der Waals surface area contributed by atoms with Gasteiger partial charge in [0.1, 0.15) is 11.6 Å². The van der Waals surface area contributed by atoms with Crippen LogP contribution in [0.15, 0.2) is 17.0 Å². The molecular weight excluding hydrogens is 302 g/mol. The smallest absolute Gasteiger partial charge is 0.321 e. The third-order valence-electron chi connectivity index (χ3n) is 2.61. The SMILES string of the molecule is CSc1c(F)cc(NC(=O)N(C)CCOCCO)cc1F. The van der Waals surface area contributed by atoms with Gasteiger partial charge in [-0.3, -0.25) is 0 Å². The summed E-state index contributed by atoms with van der Waals surface area (Å²) < 4.78 is 32.2. The second-order valence-corrected chi connectivity index (χ2v) is 4.98. The zero-order valence-electron chi connectivity index (χ0n) is 11.9. The first kappa shape index (κ1) is 17.7. The van der Waals surface area contributed by atoms with Gasteiger partial charge in [-0.15, -0.1) is 11.8 Å². The lowest BCUT2D eigenvalue weighted by atomic mass is 10.3. The largest absolute Gasteiger partial charge is 0.394 e. The van der Waals surface area contributed by atoms with Gasteiger partial charge >= 0.3 is 6.03 Å². The summed E-state index contributed by atoms with van der Waals surface area (Å²) in [6.45, 7) is 0.663. The van der Waals surface area contributed by atoms with E-state index in [0.717, 1.165) is 23.9 Å². The minimum absolute atomic E-state index is 0.0518. The van der Waals surface area contributed by atoms with Crippen molar-refractivity contribution in [2.75, 3.05) is 45.0 Å². The summed E-state index contributed by atoms with van der Waals surface area (Å²) in [5.74, 6) is -1.43. The van der Waals surface area contributed by atoms with E-state index < -0.39 is 17.7 Å². The molecular formula is C13H18F2N2O3S. The van der Waals surface area contributed by atoms with Gasteiger partial charge in [-0.05, 0) is 18.4 Å². The summed E-state index contributed by atoms with van der Waals surface area (Å²) in [4.78, 5) is 13.0. The monoisotopic (exact) mass is 320 g/mol. The van der Waals surface area contributed by atoms with Crippen LogP contribution in [0.25, 0.3) is 0 Å². The minimum Gasteiger partial charge on any atom is -0.394 e. The summed E-state index contributed by atoms with van der Waals surface area (Å²) in [5.41, 5.74) is 0.0518. The van der Waals surface area contributed by atoms with Crippen molar-refractivity contribution >= 4 is 23.5 Å². The van der Waals surface area contributed by atoms with Crippen molar-refractivity contribution in [2.24, 2.45) is 0 Å². The number of hydrogen-bond donors (Lipinski definition) is 2. The molecule has 0 aliphatic rings. The fourth-order valence-corrected chi connectivity index (χ4v) is 2.02. The summed E-state index contributed by atoms with van der Waals surface area (Å²) in [5, 5.41) is 10.9. The van der Waals surface area contributed by atoms with E-state index in [1.807, 2.05) is 0 Å². The molecule has 1 rings (SSSR count). The number of likely N-dealkylation sites (N-methyl/N-ethyl adjacent to an activating group) is 1. The van der Waals surface area contributed by atoms with Gasteiger partial charge in [-0.1, -0.05) is 0 Å². The van der Waals surface area contributed by atoms with Gasteiger partial charge in [0.15, 0.2) is 0 Å². The highest BCUT2D eigenvalue weighted by molar-refractivity contribution is 7.98. The van der Waals surface area contributed by atoms with Gasteiger partial charge in [0.2, 0.25) is 0 Å². The van der Waals surface area contributed by atoms with Crippen LogP contribution < -0.4 is 5.32 Å². The van der Waals surface area contributed by atoms with Crippen molar-refractivity contribution in [2.45, 2.75) is 4.90 Å². The van der Waals surface area contributed by atoms with Gasteiger partial charge in [0.05, 0.1) is 24.7 Å². The van der Waals surface area contributed by atoms with E-state index in [2.05, 4.69) is 5.32 Å². The maximum Gasteiger partial charge on any atom is 0.321 e. The standard InChI is InChI=1S/C13H18F2N2O3S/c1-17(3-5-20-6-4-18)13(19)16-9-7-10(14)12(21-2)11(15)8-9/h7-8,18H,3-6H2,1-2H3,(H,16,19). The number of rotatable bonds is 7. The van der Waals surface area contributed by atoms with Crippen LogP contribution in [0.5, 0.6) is 0 Å². The Morgan fingerprint density at radius 3 is 2.52 bits per heavy atom. The average Bonchev–Trinajstić information content (AvgIpc) is 2.43. The van der Waals surface area contributed by atoms with E-state index in [9.17, 15) is 13.6 Å². The number of benzene rings is 1. The van der Waals surface area contributed by atoms with E-state index in [-0.39, 0.29) is 30.4 Å². The molecule has 2 N–H and O–H groups in total. The number of nitrogens with zero attached hydrogens (tertiary/aromatic N) is 1. The summed E-state index contributed by atoms with van der Waals surface area (Å²) in [7, 11) is 1.53. The molecule has 0 bridgehead atoms. The number of aliphatic hydroxyl groups is 1. The second-order valence-electron chi connectivity index (χ2n) is 4.16. The van der Waals surface area contributed by atoms with Crippen LogP contribution in [0.4, 0.5) is 19.3 Å². The molecule has 1 aromatic rings. The van der Waals surface area contributed by atoms with Crippen molar-refractivity contribution in [3.63, 3.8) is 0 Å². The predicted octanol–water partition coefficient (Wildman–Crippen LogP) is 2.16. The van der Waals surface area contributed by atoms with Crippen molar-refractivity contribution in [3.8, 4) is 0 Å². The lowest BCUT2D eigenvalue weighted by Crippen LogP contribution is -2.34. The Hall–Kier alpha value is -1.38. The maximum atomic E-state index is 13.6. The zero-order valence-corrected chi connectivity index (χ0v) is 12.7. The van der Waals surface area contributed by atoms with E-state index in [4.69, 9.17) is 9.84 Å². The topological polar surface area (TPSA) is 61.8 Å². The van der Waals surface area contributed by atoms with Crippen LogP contribution in [-0.2, 0) is 4.74 Å². The van der Waals surface area contributed by atoms with Gasteiger partial charge in [0, 0.05) is 19.3 Å². The van der Waals surface area contributed by atoms with Crippen LogP contribution in [0.2, 0.25) is 0 Å². The third kappa shape index (κ3) is 5.49. The number of urea groups is 1. The summed E-state index contributed by atoms with van der Waals surface area (Å²) in [6, 6.07) is 1.64. The molecule has 0 aliphatic heterocycles. The zero-order chi connectivity index (χ0) is 15.8. The average molecular weight is 320 g/mol. The van der Waals surface area contributed by atoms with Crippen LogP contribution in [0.1, 0.15) is 0 Å². The summed E-state index contributed by atoms with van der Waals surface area (Å²) >= 11 is 0.962. The van der Waals surface area contributed by atoms with Crippen molar-refractivity contribution in [1.82, 2.24) is 4.90 Å². The molecule has 118 valence electrons. The number of anilines is 1. The Labute approximate surface area is 126 Å². The Bertz CT molecular complexity index is 465. The lowest BCUT2D eigenvalue weighted by molar-refractivity contribution is 0.0833. The Balaban J connectivity index is 2.58. The normalized spacial score (nSPS) is 10.5. The number of hydrogen-bond acceptors (Lipinski definition) is 4. The van der Waals surface area contributed by atoms with Gasteiger partial charge in [-0.2, -0.15) is 0 Å². The molecule has 5 nitrogen and oxygen atoms in total. The molecule has 0 heterocycles. The molecule has 0 spiro atoms. The maximum absolute atomic E-state index is 13.6. The highest BCUT2D eigenvalue weighted by atomic mass is 32.2. The van der Waals surface area contributed by atoms with Crippen LogP contribution >= 0.6 is 11.8 Å². The number of ether oxygens (including phenoxy) is 1. The molecule has 0 atom stereocenters. The highest BCUT2D eigenvalue weighted by Crippen LogP contribution is 2.26. The molecule has 0 unspecified atom stereocenters. The van der Waals surface area contributed by atoms with E-state index in [1.54, 1.807) is 6.26 Å². The van der Waals surface area contributed by atoms with E-state index >= 15 is 0 Å².